The highest BCUT2D eigenvalue weighted by molar-refractivity contribution is 5.85. The van der Waals surface area contributed by atoms with Crippen LogP contribution in [0.2, 0.25) is 0 Å². The van der Waals surface area contributed by atoms with Gasteiger partial charge in [-0.15, -0.1) is 12.4 Å². The van der Waals surface area contributed by atoms with E-state index in [4.69, 9.17) is 5.73 Å². The molecule has 0 spiro atoms. The monoisotopic (exact) mass is 359 g/mol. The van der Waals surface area contributed by atoms with Gasteiger partial charge in [-0.3, -0.25) is 9.59 Å². The van der Waals surface area contributed by atoms with Crippen molar-refractivity contribution >= 4 is 24.2 Å². The molecule has 1 aliphatic heterocycles. The van der Waals surface area contributed by atoms with Crippen LogP contribution in [0.25, 0.3) is 0 Å². The number of hydrogen-bond acceptors (Lipinski definition) is 3. The molecular formula is C14H25ClF3N3O2. The molecule has 0 radical (unpaired) electrons. The molecule has 1 atom stereocenters. The summed E-state index contributed by atoms with van der Waals surface area (Å²) in [5.41, 5.74) is 4.98. The Bertz CT molecular complexity index is 409. The van der Waals surface area contributed by atoms with Gasteiger partial charge in [0.05, 0.1) is 5.54 Å². The predicted octanol–water partition coefficient (Wildman–Crippen LogP) is 1.84. The molecule has 0 aromatic carbocycles. The Kier molecular flexibility index (Phi) is 8.34. The molecule has 0 aliphatic carbocycles. The minimum atomic E-state index is -4.82. The van der Waals surface area contributed by atoms with Gasteiger partial charge in [0.25, 0.3) is 0 Å². The van der Waals surface area contributed by atoms with Gasteiger partial charge in [0.1, 0.15) is 0 Å². The van der Waals surface area contributed by atoms with Crippen LogP contribution in [0.5, 0.6) is 0 Å². The van der Waals surface area contributed by atoms with Crippen LogP contribution in [0.15, 0.2) is 0 Å². The van der Waals surface area contributed by atoms with Gasteiger partial charge in [0, 0.05) is 19.6 Å². The first-order valence-electron chi connectivity index (χ1n) is 7.51. The molecule has 0 aromatic heterocycles. The Morgan fingerprint density at radius 2 is 1.78 bits per heavy atom. The van der Waals surface area contributed by atoms with Crippen LogP contribution in [0.4, 0.5) is 13.2 Å². The lowest BCUT2D eigenvalue weighted by molar-refractivity contribution is -0.186. The Balaban J connectivity index is 0.00000484. The van der Waals surface area contributed by atoms with Crippen molar-refractivity contribution < 1.29 is 22.8 Å². The molecule has 1 aliphatic rings. The van der Waals surface area contributed by atoms with Crippen molar-refractivity contribution in [2.24, 2.45) is 11.7 Å². The number of alkyl halides is 3. The van der Waals surface area contributed by atoms with E-state index in [1.165, 1.54) is 0 Å². The third-order valence-corrected chi connectivity index (χ3v) is 3.98. The summed E-state index contributed by atoms with van der Waals surface area (Å²) in [7, 11) is 0. The van der Waals surface area contributed by atoms with Gasteiger partial charge in [-0.2, -0.15) is 13.2 Å². The van der Waals surface area contributed by atoms with E-state index in [0.717, 1.165) is 11.3 Å². The first-order valence-corrected chi connectivity index (χ1v) is 7.51. The average Bonchev–Trinajstić information content (AvgIpc) is 2.43. The van der Waals surface area contributed by atoms with Gasteiger partial charge in [0.15, 0.2) is 0 Å². The molecule has 1 heterocycles. The van der Waals surface area contributed by atoms with E-state index >= 15 is 0 Å². The second kappa shape index (κ2) is 8.73. The molecule has 0 aromatic rings. The summed E-state index contributed by atoms with van der Waals surface area (Å²) >= 11 is 0. The van der Waals surface area contributed by atoms with Crippen molar-refractivity contribution in [3.63, 3.8) is 0 Å². The number of carbonyl (C=O) groups is 2. The number of piperidine rings is 1. The number of rotatable bonds is 5. The molecule has 5 nitrogen and oxygen atoms in total. The van der Waals surface area contributed by atoms with Crippen molar-refractivity contribution in [2.45, 2.75) is 51.2 Å². The fourth-order valence-electron chi connectivity index (χ4n) is 2.59. The van der Waals surface area contributed by atoms with E-state index in [-0.39, 0.29) is 37.3 Å². The number of nitrogens with one attached hydrogen (secondary N) is 1. The molecule has 0 bridgehead atoms. The van der Waals surface area contributed by atoms with Gasteiger partial charge in [-0.1, -0.05) is 13.3 Å². The number of amides is 2. The average molecular weight is 360 g/mol. The van der Waals surface area contributed by atoms with Crippen molar-refractivity contribution in [3.05, 3.63) is 0 Å². The molecule has 1 rings (SSSR count). The largest absolute Gasteiger partial charge is 0.471 e. The fourth-order valence-corrected chi connectivity index (χ4v) is 2.59. The number of nitrogens with two attached hydrogens (primary N) is 1. The summed E-state index contributed by atoms with van der Waals surface area (Å²) in [5, 5.41) is 2.76. The minimum absolute atomic E-state index is 0. The second-order valence-electron chi connectivity index (χ2n) is 6.11. The third-order valence-electron chi connectivity index (χ3n) is 3.98. The van der Waals surface area contributed by atoms with Crippen LogP contribution in [0.3, 0.4) is 0 Å². The topological polar surface area (TPSA) is 75.4 Å². The molecular weight excluding hydrogens is 335 g/mol. The summed E-state index contributed by atoms with van der Waals surface area (Å²) in [5.74, 6) is -1.96. The predicted molar refractivity (Wildman–Crippen MR) is 83.1 cm³/mol. The van der Waals surface area contributed by atoms with Crippen LogP contribution >= 0.6 is 12.4 Å². The lowest BCUT2D eigenvalue weighted by Crippen LogP contribution is -2.53. The summed E-state index contributed by atoms with van der Waals surface area (Å²) in [6.45, 7) is 4.10. The van der Waals surface area contributed by atoms with E-state index < -0.39 is 17.6 Å². The Morgan fingerprint density at radius 1 is 1.26 bits per heavy atom. The summed E-state index contributed by atoms with van der Waals surface area (Å²) in [4.78, 5) is 23.9. The quantitative estimate of drug-likeness (QED) is 0.786. The Morgan fingerprint density at radius 3 is 2.22 bits per heavy atom. The van der Waals surface area contributed by atoms with Crippen molar-refractivity contribution in [1.29, 1.82) is 0 Å². The molecule has 23 heavy (non-hydrogen) atoms. The van der Waals surface area contributed by atoms with Crippen LogP contribution in [0.1, 0.15) is 39.5 Å². The molecule has 136 valence electrons. The maximum atomic E-state index is 12.3. The van der Waals surface area contributed by atoms with E-state index in [1.54, 1.807) is 6.92 Å². The zero-order valence-electron chi connectivity index (χ0n) is 13.4. The molecule has 1 saturated heterocycles. The van der Waals surface area contributed by atoms with Crippen LogP contribution in [0, 0.1) is 5.92 Å². The van der Waals surface area contributed by atoms with E-state index in [1.807, 2.05) is 6.92 Å². The zero-order valence-corrected chi connectivity index (χ0v) is 14.2. The van der Waals surface area contributed by atoms with E-state index in [9.17, 15) is 22.8 Å². The lowest BCUT2D eigenvalue weighted by atomic mass is 9.94. The van der Waals surface area contributed by atoms with E-state index in [0.29, 0.717) is 25.8 Å². The smallest absolute Gasteiger partial charge is 0.354 e. The Hall–Kier alpha value is -1.02. The first-order chi connectivity index (χ1) is 10.1. The van der Waals surface area contributed by atoms with Gasteiger partial charge < -0.3 is 16.0 Å². The summed E-state index contributed by atoms with van der Waals surface area (Å²) in [6.07, 6.45) is -2.58. The number of hydrogen-bond donors (Lipinski definition) is 2. The van der Waals surface area contributed by atoms with Gasteiger partial charge in [-0.25, -0.2) is 0 Å². The number of likely N-dealkylation sites (tertiary alicyclic amines) is 1. The maximum absolute atomic E-state index is 12.3. The SMILES string of the molecule is CCCC(C)(N)C(=O)NCC1CCN(C(=O)C(F)(F)F)CC1.Cl. The van der Waals surface area contributed by atoms with E-state index in [2.05, 4.69) is 5.32 Å². The summed E-state index contributed by atoms with van der Waals surface area (Å²) in [6, 6.07) is 0. The maximum Gasteiger partial charge on any atom is 0.471 e. The highest BCUT2D eigenvalue weighted by Crippen LogP contribution is 2.23. The number of carbonyl (C=O) groups excluding carboxylic acids is 2. The highest BCUT2D eigenvalue weighted by atomic mass is 35.5. The third kappa shape index (κ3) is 6.55. The van der Waals surface area contributed by atoms with Gasteiger partial charge in [0.2, 0.25) is 5.91 Å². The first kappa shape index (κ1) is 22.0. The molecule has 9 heteroatoms. The van der Waals surface area contributed by atoms with Crippen LogP contribution in [-0.2, 0) is 9.59 Å². The molecule has 0 saturated carbocycles. The minimum Gasteiger partial charge on any atom is -0.354 e. The fraction of sp³-hybridized carbons (Fsp3) is 0.857. The van der Waals surface area contributed by atoms with Crippen molar-refractivity contribution in [2.75, 3.05) is 19.6 Å². The zero-order chi connectivity index (χ0) is 17.0. The standard InChI is InChI=1S/C14H24F3N3O2.ClH/c1-3-6-13(2,18)11(21)19-9-10-4-7-20(8-5-10)12(22)14(15,16)17;/h10H,3-9,18H2,1-2H3,(H,19,21);1H. The van der Waals surface area contributed by atoms with Crippen LogP contribution in [-0.4, -0.2) is 48.1 Å². The second-order valence-corrected chi connectivity index (χ2v) is 6.11. The number of nitrogens with zero attached hydrogens (tertiary/aromatic N) is 1. The number of halogens is 4. The summed E-state index contributed by atoms with van der Waals surface area (Å²) < 4.78 is 37.0. The molecule has 1 fully saturated rings. The van der Waals surface area contributed by atoms with Gasteiger partial charge >= 0.3 is 12.1 Å². The van der Waals surface area contributed by atoms with Crippen molar-refractivity contribution in [3.8, 4) is 0 Å². The highest BCUT2D eigenvalue weighted by Gasteiger charge is 2.43. The molecule has 2 amide bonds. The molecule has 1 unspecified atom stereocenters. The lowest BCUT2D eigenvalue weighted by Gasteiger charge is -2.33. The van der Waals surface area contributed by atoms with Gasteiger partial charge in [-0.05, 0) is 32.1 Å². The Labute approximate surface area is 140 Å². The van der Waals surface area contributed by atoms with Crippen LogP contribution < -0.4 is 11.1 Å². The normalized spacial score (nSPS) is 18.8. The molecule has 3 N–H and O–H groups in total. The van der Waals surface area contributed by atoms with Crippen molar-refractivity contribution in [1.82, 2.24) is 10.2 Å².